The number of Topliss-reactive ketones (excluding diaryl/α,β-unsaturated/α-hetero) is 1. The normalized spacial score (nSPS) is 36.4. The molecule has 1 aromatic rings. The van der Waals surface area contributed by atoms with Crippen molar-refractivity contribution in [1.82, 2.24) is 20.0 Å². The van der Waals surface area contributed by atoms with Gasteiger partial charge in [0, 0.05) is 55.3 Å². The molecule has 5 aliphatic rings. The first-order valence-corrected chi connectivity index (χ1v) is 21.3. The van der Waals surface area contributed by atoms with Crippen molar-refractivity contribution in [2.45, 2.75) is 145 Å². The summed E-state index contributed by atoms with van der Waals surface area (Å²) in [5, 5.41) is 29.5. The molecular formula is C45H72N4O6. The van der Waals surface area contributed by atoms with Crippen LogP contribution in [0.3, 0.4) is 0 Å². The van der Waals surface area contributed by atoms with Gasteiger partial charge >= 0.3 is 11.9 Å². The van der Waals surface area contributed by atoms with Crippen molar-refractivity contribution in [2.75, 3.05) is 33.7 Å². The van der Waals surface area contributed by atoms with Gasteiger partial charge in [0.15, 0.2) is 5.78 Å². The van der Waals surface area contributed by atoms with Gasteiger partial charge in [-0.1, -0.05) is 54.0 Å². The number of hydrogen-bond acceptors (Lipinski definition) is 8. The Balaban J connectivity index is 1.28. The lowest BCUT2D eigenvalue weighted by atomic mass is 9.33. The van der Waals surface area contributed by atoms with Gasteiger partial charge in [0.2, 0.25) is 0 Å². The first-order chi connectivity index (χ1) is 25.5. The van der Waals surface area contributed by atoms with Crippen molar-refractivity contribution >= 4 is 17.7 Å². The number of fused-ring (bicyclic) bond motifs is 7. The number of ether oxygens (including phenoxy) is 1. The molecule has 0 saturated heterocycles. The molecule has 9 atom stereocenters. The van der Waals surface area contributed by atoms with Gasteiger partial charge < -0.3 is 19.8 Å². The molecule has 0 radical (unpaired) electrons. The van der Waals surface area contributed by atoms with Crippen molar-refractivity contribution in [1.29, 1.82) is 0 Å². The van der Waals surface area contributed by atoms with E-state index in [0.29, 0.717) is 31.3 Å². The Bertz CT molecular complexity index is 1650. The Morgan fingerprint density at radius 1 is 0.982 bits per heavy atom. The number of H-pyrrole nitrogens is 1. The summed E-state index contributed by atoms with van der Waals surface area (Å²) in [5.74, 6) is 0.0256. The average Bonchev–Trinajstić information content (AvgIpc) is 3.70. The fourth-order valence-corrected chi connectivity index (χ4v) is 13.5. The Labute approximate surface area is 330 Å². The molecule has 55 heavy (non-hydrogen) atoms. The molecule has 308 valence electrons. The Hall–Kier alpha value is -2.56. The van der Waals surface area contributed by atoms with E-state index >= 15 is 0 Å². The molecule has 0 aromatic carbocycles. The third kappa shape index (κ3) is 6.96. The number of esters is 1. The fraction of sp³-hybridized carbons (Fsp3) is 0.822. The number of ketones is 1. The Morgan fingerprint density at radius 3 is 2.31 bits per heavy atom. The summed E-state index contributed by atoms with van der Waals surface area (Å²) < 4.78 is 6.19. The molecule has 4 saturated carbocycles. The summed E-state index contributed by atoms with van der Waals surface area (Å²) in [6, 6.07) is 2.00. The molecule has 5 aliphatic carbocycles. The zero-order chi connectivity index (χ0) is 40.5. The summed E-state index contributed by atoms with van der Waals surface area (Å²) >= 11 is 0. The third-order valence-electron chi connectivity index (χ3n) is 16.7. The van der Waals surface area contributed by atoms with Gasteiger partial charge in [-0.15, -0.1) is 0 Å². The number of aromatic amines is 1. The molecule has 0 aliphatic heterocycles. The number of nitrogens with one attached hydrogen (secondary N) is 1. The molecule has 9 unspecified atom stereocenters. The van der Waals surface area contributed by atoms with Crippen LogP contribution in [0.4, 0.5) is 0 Å². The van der Waals surface area contributed by atoms with Crippen LogP contribution < -0.4 is 0 Å². The molecule has 0 bridgehead atoms. The number of aromatic nitrogens is 2. The number of likely N-dealkylation sites (N-methyl/N-ethyl adjacent to an activating group) is 1. The molecule has 10 heteroatoms. The standard InChI is InChI=1S/C45H72N4O6/c1-28(2)37-31(50)24-45(34(51)27-49(23-22-48(10)11)26-29-16-21-46-47-29)20-19-43(8)30(38(37)45)12-13-33-42(7)17-15-35(55-36(52)25-40(3,4)39(53)54)41(5,6)32(42)14-18-44(33,43)9/h16,21,28,30,32-35,51H,12-15,17-20,22-27H2,1-11H3,(H,46,47)(H,53,54). The van der Waals surface area contributed by atoms with E-state index in [0.717, 1.165) is 75.7 Å². The molecule has 0 spiro atoms. The van der Waals surface area contributed by atoms with E-state index < -0.39 is 28.9 Å². The number of aliphatic carboxylic acids is 1. The number of aliphatic hydroxyl groups is 1. The SMILES string of the molecule is CC(C)C1=C2C3CCC4C5(C)CCC(OC(=O)CC(C)(C)C(=O)O)C(C)(C)C5CCC4(C)C3(C)CCC2(C(O)CN(CCN(C)C)Cc2ccn[nH]2)CC1=O. The molecule has 10 nitrogen and oxygen atoms in total. The maximum absolute atomic E-state index is 14.3. The first-order valence-electron chi connectivity index (χ1n) is 21.3. The number of aliphatic hydroxyl groups excluding tert-OH is 1. The predicted molar refractivity (Wildman–Crippen MR) is 214 cm³/mol. The van der Waals surface area contributed by atoms with E-state index in [4.69, 9.17) is 4.74 Å². The highest BCUT2D eigenvalue weighted by Crippen LogP contribution is 2.77. The molecule has 6 rings (SSSR count). The molecule has 4 fully saturated rings. The second kappa shape index (κ2) is 14.7. The number of carboxylic acid groups (broad SMARTS) is 1. The van der Waals surface area contributed by atoms with Crippen LogP contribution in [-0.2, 0) is 25.7 Å². The molecule has 1 aromatic heterocycles. The average molecular weight is 765 g/mol. The van der Waals surface area contributed by atoms with Gasteiger partial charge in [0.05, 0.1) is 17.9 Å². The van der Waals surface area contributed by atoms with E-state index in [1.165, 1.54) is 5.57 Å². The topological polar surface area (TPSA) is 136 Å². The van der Waals surface area contributed by atoms with E-state index in [2.05, 4.69) is 82.6 Å². The van der Waals surface area contributed by atoms with Gasteiger partial charge in [-0.3, -0.25) is 24.4 Å². The lowest BCUT2D eigenvalue weighted by Crippen LogP contribution is -2.66. The first kappa shape index (κ1) is 42.1. The van der Waals surface area contributed by atoms with Crippen LogP contribution in [0, 0.1) is 56.2 Å². The number of nitrogens with zero attached hydrogens (tertiary/aromatic N) is 3. The third-order valence-corrected chi connectivity index (χ3v) is 16.7. The van der Waals surface area contributed by atoms with Crippen LogP contribution in [0.25, 0.3) is 0 Å². The zero-order valence-electron chi connectivity index (χ0n) is 35.9. The smallest absolute Gasteiger partial charge is 0.309 e. The quantitative estimate of drug-likeness (QED) is 0.174. The Kier molecular flexibility index (Phi) is 11.2. The number of carbonyl (C=O) groups excluding carboxylic acids is 2. The monoisotopic (exact) mass is 765 g/mol. The maximum Gasteiger partial charge on any atom is 0.309 e. The summed E-state index contributed by atoms with van der Waals surface area (Å²) in [7, 11) is 4.16. The lowest BCUT2D eigenvalue weighted by Gasteiger charge is -2.72. The second-order valence-electron chi connectivity index (χ2n) is 21.2. The van der Waals surface area contributed by atoms with Crippen LogP contribution in [-0.4, -0.2) is 93.9 Å². The fourth-order valence-electron chi connectivity index (χ4n) is 13.5. The van der Waals surface area contributed by atoms with Gasteiger partial charge in [-0.2, -0.15) is 5.10 Å². The lowest BCUT2D eigenvalue weighted by molar-refractivity contribution is -0.235. The summed E-state index contributed by atoms with van der Waals surface area (Å²) in [6.45, 7) is 22.6. The summed E-state index contributed by atoms with van der Waals surface area (Å²) in [6.07, 6.45) is 8.95. The molecule has 3 N–H and O–H groups in total. The minimum Gasteiger partial charge on any atom is -0.481 e. The van der Waals surface area contributed by atoms with Crippen LogP contribution in [0.5, 0.6) is 0 Å². The van der Waals surface area contributed by atoms with E-state index in [1.54, 1.807) is 20.0 Å². The van der Waals surface area contributed by atoms with Gasteiger partial charge in [-0.05, 0) is 131 Å². The second-order valence-corrected chi connectivity index (χ2v) is 21.2. The summed E-state index contributed by atoms with van der Waals surface area (Å²) in [4.78, 5) is 43.7. The van der Waals surface area contributed by atoms with Gasteiger partial charge in [-0.25, -0.2) is 0 Å². The van der Waals surface area contributed by atoms with E-state index in [9.17, 15) is 24.6 Å². The number of rotatable bonds is 13. The van der Waals surface area contributed by atoms with E-state index in [1.807, 2.05) is 6.07 Å². The maximum atomic E-state index is 14.3. The Morgan fingerprint density at radius 2 is 1.69 bits per heavy atom. The largest absolute Gasteiger partial charge is 0.481 e. The highest BCUT2D eigenvalue weighted by Gasteiger charge is 2.71. The van der Waals surface area contributed by atoms with Crippen LogP contribution in [0.2, 0.25) is 0 Å². The predicted octanol–water partition coefficient (Wildman–Crippen LogP) is 7.53. The van der Waals surface area contributed by atoms with Gasteiger partial charge in [0.25, 0.3) is 0 Å². The molecular weight excluding hydrogens is 693 g/mol. The molecule has 1 heterocycles. The summed E-state index contributed by atoms with van der Waals surface area (Å²) in [5.41, 5.74) is 1.44. The minimum absolute atomic E-state index is 0.0242. The minimum atomic E-state index is -1.17. The van der Waals surface area contributed by atoms with Gasteiger partial charge in [0.1, 0.15) is 6.10 Å². The number of carbonyl (C=O) groups is 3. The highest BCUT2D eigenvalue weighted by molar-refractivity contribution is 6.00. The van der Waals surface area contributed by atoms with Crippen LogP contribution in [0.15, 0.2) is 23.4 Å². The number of hydrogen-bond donors (Lipinski definition) is 3. The highest BCUT2D eigenvalue weighted by atomic mass is 16.5. The van der Waals surface area contributed by atoms with Crippen molar-refractivity contribution in [3.8, 4) is 0 Å². The zero-order valence-corrected chi connectivity index (χ0v) is 35.9. The number of carboxylic acids is 1. The van der Waals surface area contributed by atoms with Crippen molar-refractivity contribution < 1.29 is 29.3 Å². The van der Waals surface area contributed by atoms with E-state index in [-0.39, 0.29) is 51.8 Å². The van der Waals surface area contributed by atoms with Crippen molar-refractivity contribution in [3.05, 3.63) is 29.1 Å². The van der Waals surface area contributed by atoms with Crippen molar-refractivity contribution in [2.24, 2.45) is 56.2 Å². The number of allylic oxidation sites excluding steroid dienone is 1. The molecule has 0 amide bonds. The van der Waals surface area contributed by atoms with Crippen molar-refractivity contribution in [3.63, 3.8) is 0 Å². The van der Waals surface area contributed by atoms with Crippen LogP contribution in [0.1, 0.15) is 132 Å². The van der Waals surface area contributed by atoms with Crippen LogP contribution >= 0.6 is 0 Å².